The van der Waals surface area contributed by atoms with Crippen molar-refractivity contribution in [2.24, 2.45) is 0 Å². The maximum Gasteiger partial charge on any atom is 0.0593 e. The molecule has 2 N–H and O–H groups in total. The van der Waals surface area contributed by atoms with Crippen LogP contribution in [-0.4, -0.2) is 87.6 Å². The summed E-state index contributed by atoms with van der Waals surface area (Å²) in [6.07, 6.45) is 2.33. The molecule has 1 rings (SSSR count). The fourth-order valence-electron chi connectivity index (χ4n) is 2.18. The third-order valence-corrected chi connectivity index (χ3v) is 3.40. The summed E-state index contributed by atoms with van der Waals surface area (Å²) in [4.78, 5) is 4.76. The fourth-order valence-corrected chi connectivity index (χ4v) is 2.18. The molecule has 0 radical (unpaired) electrons. The van der Waals surface area contributed by atoms with Crippen molar-refractivity contribution in [3.05, 3.63) is 0 Å². The molecule has 108 valence electrons. The van der Waals surface area contributed by atoms with E-state index in [4.69, 9.17) is 9.84 Å². The zero-order valence-electron chi connectivity index (χ0n) is 11.7. The predicted octanol–water partition coefficient (Wildman–Crippen LogP) is -0.387. The Hall–Kier alpha value is -0.200. The summed E-state index contributed by atoms with van der Waals surface area (Å²) in [7, 11) is 1.98. The van der Waals surface area contributed by atoms with Gasteiger partial charge >= 0.3 is 0 Å². The van der Waals surface area contributed by atoms with E-state index < -0.39 is 0 Å². The molecule has 0 spiro atoms. The lowest BCUT2D eigenvalue weighted by Crippen LogP contribution is -2.47. The Morgan fingerprint density at radius 1 is 1.00 bits per heavy atom. The number of aliphatic hydroxyl groups is 1. The number of hydrogen-bond acceptors (Lipinski definition) is 5. The number of aliphatic hydroxyl groups excluding tert-OH is 1. The molecule has 1 fully saturated rings. The quantitative estimate of drug-likeness (QED) is 0.524. The topological polar surface area (TPSA) is 48.0 Å². The van der Waals surface area contributed by atoms with Crippen LogP contribution in [0.4, 0.5) is 0 Å². The van der Waals surface area contributed by atoms with Gasteiger partial charge in [0.2, 0.25) is 0 Å². The molecule has 18 heavy (non-hydrogen) atoms. The normalized spacial score (nSPS) is 18.3. The highest BCUT2D eigenvalue weighted by molar-refractivity contribution is 4.71. The van der Waals surface area contributed by atoms with Crippen LogP contribution in [0.3, 0.4) is 0 Å². The van der Waals surface area contributed by atoms with Gasteiger partial charge in [-0.05, 0) is 26.4 Å². The fraction of sp³-hybridized carbons (Fsp3) is 1.00. The standard InChI is InChI=1S/C13H29N3O2/c1-14-4-2-3-12-18-13-10-16-7-5-15(6-8-16)9-11-17/h14,17H,2-13H2,1H3. The van der Waals surface area contributed by atoms with Crippen LogP contribution in [0.25, 0.3) is 0 Å². The molecule has 0 amide bonds. The molecule has 1 heterocycles. The molecular formula is C13H29N3O2. The molecule has 0 aromatic carbocycles. The van der Waals surface area contributed by atoms with Gasteiger partial charge in [0.1, 0.15) is 0 Å². The van der Waals surface area contributed by atoms with E-state index in [1.54, 1.807) is 0 Å². The smallest absolute Gasteiger partial charge is 0.0593 e. The number of nitrogens with zero attached hydrogens (tertiary/aromatic N) is 2. The van der Waals surface area contributed by atoms with Gasteiger partial charge in [-0.3, -0.25) is 9.80 Å². The molecule has 0 saturated carbocycles. The highest BCUT2D eigenvalue weighted by Gasteiger charge is 2.15. The number of β-amino-alcohol motifs (C(OH)–C–C–N with tert-alkyl or cyclic N) is 1. The van der Waals surface area contributed by atoms with E-state index in [2.05, 4.69) is 15.1 Å². The minimum absolute atomic E-state index is 0.274. The minimum Gasteiger partial charge on any atom is -0.395 e. The summed E-state index contributed by atoms with van der Waals surface area (Å²) in [6, 6.07) is 0. The van der Waals surface area contributed by atoms with Crippen molar-refractivity contribution < 1.29 is 9.84 Å². The second-order valence-corrected chi connectivity index (χ2v) is 4.83. The summed E-state index contributed by atoms with van der Waals surface area (Å²) < 4.78 is 5.63. The van der Waals surface area contributed by atoms with E-state index in [-0.39, 0.29) is 6.61 Å². The minimum atomic E-state index is 0.274. The van der Waals surface area contributed by atoms with Crippen molar-refractivity contribution in [2.75, 3.05) is 72.7 Å². The van der Waals surface area contributed by atoms with Crippen LogP contribution in [-0.2, 0) is 4.74 Å². The Morgan fingerprint density at radius 3 is 2.28 bits per heavy atom. The van der Waals surface area contributed by atoms with Crippen molar-refractivity contribution in [2.45, 2.75) is 12.8 Å². The van der Waals surface area contributed by atoms with Crippen LogP contribution >= 0.6 is 0 Å². The Bertz CT molecular complexity index is 185. The van der Waals surface area contributed by atoms with Gasteiger partial charge in [0.15, 0.2) is 0 Å². The molecule has 0 unspecified atom stereocenters. The highest BCUT2D eigenvalue weighted by atomic mass is 16.5. The van der Waals surface area contributed by atoms with Crippen molar-refractivity contribution in [1.29, 1.82) is 0 Å². The van der Waals surface area contributed by atoms with Gasteiger partial charge < -0.3 is 15.2 Å². The van der Waals surface area contributed by atoms with E-state index in [0.29, 0.717) is 0 Å². The second-order valence-electron chi connectivity index (χ2n) is 4.83. The van der Waals surface area contributed by atoms with Crippen molar-refractivity contribution in [3.8, 4) is 0 Å². The Balaban J connectivity index is 1.88. The molecule has 0 aromatic rings. The van der Waals surface area contributed by atoms with E-state index in [1.165, 1.54) is 6.42 Å². The van der Waals surface area contributed by atoms with E-state index >= 15 is 0 Å². The van der Waals surface area contributed by atoms with Crippen molar-refractivity contribution >= 4 is 0 Å². The third kappa shape index (κ3) is 7.28. The molecule has 1 aliphatic heterocycles. The van der Waals surface area contributed by atoms with E-state index in [9.17, 15) is 0 Å². The molecule has 0 bridgehead atoms. The van der Waals surface area contributed by atoms with Crippen LogP contribution in [0.2, 0.25) is 0 Å². The molecular weight excluding hydrogens is 230 g/mol. The van der Waals surface area contributed by atoms with Gasteiger partial charge in [0, 0.05) is 45.9 Å². The van der Waals surface area contributed by atoms with E-state index in [0.717, 1.165) is 65.4 Å². The molecule has 0 aliphatic carbocycles. The van der Waals surface area contributed by atoms with Gasteiger partial charge in [-0.1, -0.05) is 0 Å². The lowest BCUT2D eigenvalue weighted by molar-refractivity contribution is 0.0688. The summed E-state index contributed by atoms with van der Waals surface area (Å²) >= 11 is 0. The molecule has 5 nitrogen and oxygen atoms in total. The molecule has 0 aromatic heterocycles. The Morgan fingerprint density at radius 2 is 1.67 bits per heavy atom. The number of ether oxygens (including phenoxy) is 1. The summed E-state index contributed by atoms with van der Waals surface area (Å²) in [5.74, 6) is 0. The van der Waals surface area contributed by atoms with Gasteiger partial charge in [0.05, 0.1) is 13.2 Å². The summed E-state index contributed by atoms with van der Waals surface area (Å²) in [5.41, 5.74) is 0. The SMILES string of the molecule is CNCCCCOCCN1CCN(CCO)CC1. The lowest BCUT2D eigenvalue weighted by Gasteiger charge is -2.34. The van der Waals surface area contributed by atoms with Crippen LogP contribution < -0.4 is 5.32 Å². The van der Waals surface area contributed by atoms with Crippen molar-refractivity contribution in [3.63, 3.8) is 0 Å². The first kappa shape index (κ1) is 15.9. The van der Waals surface area contributed by atoms with Crippen LogP contribution in [0.5, 0.6) is 0 Å². The van der Waals surface area contributed by atoms with Gasteiger partial charge in [-0.15, -0.1) is 0 Å². The first-order valence-electron chi connectivity index (χ1n) is 7.14. The third-order valence-electron chi connectivity index (χ3n) is 3.40. The number of rotatable bonds is 10. The Kier molecular flexibility index (Phi) is 9.42. The first-order chi connectivity index (χ1) is 8.86. The monoisotopic (exact) mass is 259 g/mol. The summed E-state index contributed by atoms with van der Waals surface area (Å²) in [6.45, 7) is 9.28. The lowest BCUT2D eigenvalue weighted by atomic mass is 10.3. The average molecular weight is 259 g/mol. The maximum atomic E-state index is 8.87. The predicted molar refractivity (Wildman–Crippen MR) is 73.9 cm³/mol. The zero-order valence-corrected chi connectivity index (χ0v) is 11.7. The summed E-state index contributed by atoms with van der Waals surface area (Å²) in [5, 5.41) is 12.0. The van der Waals surface area contributed by atoms with Crippen LogP contribution in [0, 0.1) is 0 Å². The average Bonchev–Trinajstić information content (AvgIpc) is 2.40. The van der Waals surface area contributed by atoms with Gasteiger partial charge in [-0.25, -0.2) is 0 Å². The largest absolute Gasteiger partial charge is 0.395 e. The number of hydrogen-bond donors (Lipinski definition) is 2. The molecule has 1 saturated heterocycles. The number of unbranched alkanes of at least 4 members (excludes halogenated alkanes) is 1. The number of nitrogens with one attached hydrogen (secondary N) is 1. The molecule has 0 atom stereocenters. The molecule has 1 aliphatic rings. The van der Waals surface area contributed by atoms with Gasteiger partial charge in [-0.2, -0.15) is 0 Å². The number of piperazine rings is 1. The van der Waals surface area contributed by atoms with Crippen LogP contribution in [0.15, 0.2) is 0 Å². The highest BCUT2D eigenvalue weighted by Crippen LogP contribution is 2.00. The molecule has 5 heteroatoms. The van der Waals surface area contributed by atoms with Gasteiger partial charge in [0.25, 0.3) is 0 Å². The second kappa shape index (κ2) is 10.7. The maximum absolute atomic E-state index is 8.87. The Labute approximate surface area is 111 Å². The van der Waals surface area contributed by atoms with Crippen LogP contribution in [0.1, 0.15) is 12.8 Å². The van der Waals surface area contributed by atoms with E-state index in [1.807, 2.05) is 7.05 Å². The zero-order chi connectivity index (χ0) is 13.1. The van der Waals surface area contributed by atoms with Crippen molar-refractivity contribution in [1.82, 2.24) is 15.1 Å². The first-order valence-corrected chi connectivity index (χ1v) is 7.14.